The van der Waals surface area contributed by atoms with E-state index in [0.29, 0.717) is 0 Å². The fourth-order valence-electron chi connectivity index (χ4n) is 2.00. The molecule has 0 aliphatic heterocycles. The summed E-state index contributed by atoms with van der Waals surface area (Å²) in [7, 11) is 0. The molecule has 1 N–H and O–H groups in total. The van der Waals surface area contributed by atoms with E-state index in [1.807, 2.05) is 13.8 Å². The third kappa shape index (κ3) is 2.71. The number of para-hydroxylation sites is 2. The first-order valence-electron chi connectivity index (χ1n) is 6.40. The predicted molar refractivity (Wildman–Crippen MR) is 78.0 cm³/mol. The predicted octanol–water partition coefficient (Wildman–Crippen LogP) is 4.36. The highest BCUT2D eigenvalue weighted by Crippen LogP contribution is 2.24. The number of fused-ring (bicyclic) bond motifs is 3. The zero-order valence-corrected chi connectivity index (χ0v) is 10.9. The average molecular weight is 241 g/mol. The second kappa shape index (κ2) is 6.22. The summed E-state index contributed by atoms with van der Waals surface area (Å²) >= 11 is 0. The second-order valence-electron chi connectivity index (χ2n) is 4.00. The van der Waals surface area contributed by atoms with Gasteiger partial charge in [-0.2, -0.15) is 0 Å². The molecule has 0 unspecified atom stereocenters. The molecule has 0 spiro atoms. The van der Waals surface area contributed by atoms with Crippen LogP contribution in [-0.2, 0) is 4.74 Å². The van der Waals surface area contributed by atoms with Crippen molar-refractivity contribution in [3.05, 3.63) is 48.5 Å². The summed E-state index contributed by atoms with van der Waals surface area (Å²) in [5.41, 5.74) is 2.42. The SMILES string of the molecule is CCOCC.c1ccc2c(c1)[nH]c1ccccc12. The lowest BCUT2D eigenvalue weighted by Crippen LogP contribution is -1.84. The van der Waals surface area contributed by atoms with Gasteiger partial charge in [0, 0.05) is 35.0 Å². The Morgan fingerprint density at radius 3 is 1.61 bits per heavy atom. The highest BCUT2D eigenvalue weighted by molar-refractivity contribution is 6.06. The van der Waals surface area contributed by atoms with Gasteiger partial charge in [-0.1, -0.05) is 36.4 Å². The highest BCUT2D eigenvalue weighted by atomic mass is 16.5. The molecule has 1 heterocycles. The summed E-state index contributed by atoms with van der Waals surface area (Å²) < 4.78 is 4.83. The molecule has 0 aliphatic rings. The van der Waals surface area contributed by atoms with Crippen LogP contribution in [-0.4, -0.2) is 18.2 Å². The van der Waals surface area contributed by atoms with Crippen molar-refractivity contribution < 1.29 is 4.74 Å². The van der Waals surface area contributed by atoms with E-state index in [9.17, 15) is 0 Å². The Hall–Kier alpha value is -1.80. The lowest BCUT2D eigenvalue weighted by Gasteiger charge is -1.87. The van der Waals surface area contributed by atoms with Crippen LogP contribution in [0.2, 0.25) is 0 Å². The molecule has 94 valence electrons. The van der Waals surface area contributed by atoms with Gasteiger partial charge in [0.05, 0.1) is 0 Å². The van der Waals surface area contributed by atoms with Gasteiger partial charge >= 0.3 is 0 Å². The molecular weight excluding hydrogens is 222 g/mol. The van der Waals surface area contributed by atoms with Crippen molar-refractivity contribution in [3.63, 3.8) is 0 Å². The van der Waals surface area contributed by atoms with E-state index in [4.69, 9.17) is 4.74 Å². The third-order valence-electron chi connectivity index (χ3n) is 2.82. The zero-order valence-electron chi connectivity index (χ0n) is 10.9. The molecule has 0 bridgehead atoms. The minimum Gasteiger partial charge on any atom is -0.382 e. The first kappa shape index (κ1) is 12.7. The Morgan fingerprint density at radius 1 is 0.778 bits per heavy atom. The fourth-order valence-corrected chi connectivity index (χ4v) is 2.00. The van der Waals surface area contributed by atoms with Crippen LogP contribution in [0.5, 0.6) is 0 Å². The number of ether oxygens (including phenoxy) is 1. The molecule has 18 heavy (non-hydrogen) atoms. The van der Waals surface area contributed by atoms with Crippen molar-refractivity contribution in [1.82, 2.24) is 4.98 Å². The van der Waals surface area contributed by atoms with E-state index < -0.39 is 0 Å². The zero-order chi connectivity index (χ0) is 12.8. The van der Waals surface area contributed by atoms with E-state index in [0.717, 1.165) is 13.2 Å². The number of rotatable bonds is 2. The summed E-state index contributed by atoms with van der Waals surface area (Å²) in [4.78, 5) is 3.38. The summed E-state index contributed by atoms with van der Waals surface area (Å²) in [6.07, 6.45) is 0. The third-order valence-corrected chi connectivity index (χ3v) is 2.82. The number of aromatic amines is 1. The van der Waals surface area contributed by atoms with Gasteiger partial charge in [-0.05, 0) is 26.0 Å². The lowest BCUT2D eigenvalue weighted by atomic mass is 10.2. The topological polar surface area (TPSA) is 25.0 Å². The van der Waals surface area contributed by atoms with Crippen molar-refractivity contribution in [1.29, 1.82) is 0 Å². The van der Waals surface area contributed by atoms with Crippen LogP contribution in [0.4, 0.5) is 0 Å². The molecule has 3 rings (SSSR count). The number of H-pyrrole nitrogens is 1. The van der Waals surface area contributed by atoms with Gasteiger partial charge in [0.25, 0.3) is 0 Å². The Balaban J connectivity index is 0.000000209. The molecule has 2 heteroatoms. The standard InChI is InChI=1S/C12H9N.C4H10O/c1-3-7-11-9(5-1)10-6-2-4-8-12(10)13-11;1-3-5-4-2/h1-8,13H;3-4H2,1-2H3. The van der Waals surface area contributed by atoms with E-state index in [1.54, 1.807) is 0 Å². The van der Waals surface area contributed by atoms with Gasteiger partial charge in [-0.3, -0.25) is 0 Å². The van der Waals surface area contributed by atoms with Crippen molar-refractivity contribution >= 4 is 21.8 Å². The molecule has 0 atom stereocenters. The minimum atomic E-state index is 0.844. The van der Waals surface area contributed by atoms with Gasteiger partial charge < -0.3 is 9.72 Å². The summed E-state index contributed by atoms with van der Waals surface area (Å²) in [5.74, 6) is 0. The number of hydrogen-bond donors (Lipinski definition) is 1. The molecule has 0 fully saturated rings. The van der Waals surface area contributed by atoms with E-state index in [-0.39, 0.29) is 0 Å². The van der Waals surface area contributed by atoms with Gasteiger partial charge in [0.1, 0.15) is 0 Å². The van der Waals surface area contributed by atoms with Crippen molar-refractivity contribution in [3.8, 4) is 0 Å². The Labute approximate surface area is 108 Å². The lowest BCUT2D eigenvalue weighted by molar-refractivity contribution is 0.162. The minimum absolute atomic E-state index is 0.844. The van der Waals surface area contributed by atoms with Crippen LogP contribution in [0, 0.1) is 0 Å². The summed E-state index contributed by atoms with van der Waals surface area (Å²) in [6.45, 7) is 5.67. The maximum Gasteiger partial charge on any atom is 0.0464 e. The van der Waals surface area contributed by atoms with Crippen molar-refractivity contribution in [2.24, 2.45) is 0 Å². The smallest absolute Gasteiger partial charge is 0.0464 e. The number of benzene rings is 2. The van der Waals surface area contributed by atoms with Crippen molar-refractivity contribution in [2.75, 3.05) is 13.2 Å². The molecular formula is C16H19NO. The quantitative estimate of drug-likeness (QED) is 0.708. The van der Waals surface area contributed by atoms with Gasteiger partial charge in [-0.25, -0.2) is 0 Å². The normalized spacial score (nSPS) is 10.3. The van der Waals surface area contributed by atoms with Crippen LogP contribution >= 0.6 is 0 Å². The molecule has 0 amide bonds. The highest BCUT2D eigenvalue weighted by Gasteiger charge is 2.00. The molecule has 0 saturated heterocycles. The molecule has 2 nitrogen and oxygen atoms in total. The van der Waals surface area contributed by atoms with Crippen LogP contribution in [0.3, 0.4) is 0 Å². The molecule has 2 aromatic carbocycles. The molecule has 1 aromatic heterocycles. The van der Waals surface area contributed by atoms with Crippen molar-refractivity contribution in [2.45, 2.75) is 13.8 Å². The van der Waals surface area contributed by atoms with E-state index >= 15 is 0 Å². The van der Waals surface area contributed by atoms with Gasteiger partial charge in [0.2, 0.25) is 0 Å². The first-order chi connectivity index (χ1) is 8.86. The first-order valence-corrected chi connectivity index (χ1v) is 6.40. The molecule has 0 saturated carbocycles. The number of aromatic nitrogens is 1. The van der Waals surface area contributed by atoms with Crippen LogP contribution in [0.1, 0.15) is 13.8 Å². The Bertz CT molecular complexity index is 560. The summed E-state index contributed by atoms with van der Waals surface area (Å²) in [6, 6.07) is 16.8. The monoisotopic (exact) mass is 241 g/mol. The number of nitrogens with one attached hydrogen (secondary N) is 1. The van der Waals surface area contributed by atoms with Gasteiger partial charge in [-0.15, -0.1) is 0 Å². The largest absolute Gasteiger partial charge is 0.382 e. The Kier molecular flexibility index (Phi) is 4.37. The Morgan fingerprint density at radius 2 is 1.22 bits per heavy atom. The maximum atomic E-state index is 4.83. The second-order valence-corrected chi connectivity index (χ2v) is 4.00. The molecule has 3 aromatic rings. The molecule has 0 radical (unpaired) electrons. The average Bonchev–Trinajstić information content (AvgIpc) is 2.79. The summed E-state index contributed by atoms with van der Waals surface area (Å²) in [5, 5.41) is 2.61. The van der Waals surface area contributed by atoms with Crippen LogP contribution in [0.25, 0.3) is 21.8 Å². The van der Waals surface area contributed by atoms with Crippen LogP contribution in [0.15, 0.2) is 48.5 Å². The maximum absolute atomic E-state index is 4.83. The number of hydrogen-bond acceptors (Lipinski definition) is 1. The van der Waals surface area contributed by atoms with Crippen LogP contribution < -0.4 is 0 Å². The fraction of sp³-hybridized carbons (Fsp3) is 0.250. The van der Waals surface area contributed by atoms with E-state index in [1.165, 1.54) is 21.8 Å². The van der Waals surface area contributed by atoms with Gasteiger partial charge in [0.15, 0.2) is 0 Å². The van der Waals surface area contributed by atoms with E-state index in [2.05, 4.69) is 53.5 Å². The molecule has 0 aliphatic carbocycles.